The maximum Gasteiger partial charge on any atom is 0.106 e. The van der Waals surface area contributed by atoms with E-state index in [0.717, 1.165) is 17.8 Å². The van der Waals surface area contributed by atoms with Crippen LogP contribution in [0.1, 0.15) is 50.2 Å². The van der Waals surface area contributed by atoms with Gasteiger partial charge >= 0.3 is 0 Å². The molecule has 0 aromatic heterocycles. The van der Waals surface area contributed by atoms with E-state index in [1.54, 1.807) is 0 Å². The third-order valence-electron chi connectivity index (χ3n) is 4.51. The van der Waals surface area contributed by atoms with Crippen molar-refractivity contribution < 1.29 is 0 Å². The minimum atomic E-state index is 0.471. The predicted octanol–water partition coefficient (Wildman–Crippen LogP) is 4.01. The Labute approximate surface area is 121 Å². The maximum atomic E-state index is 5.82. The van der Waals surface area contributed by atoms with Gasteiger partial charge in [-0.3, -0.25) is 0 Å². The highest BCUT2D eigenvalue weighted by atomic mass is 32.1. The van der Waals surface area contributed by atoms with Gasteiger partial charge in [0.15, 0.2) is 0 Å². The van der Waals surface area contributed by atoms with Gasteiger partial charge in [0.1, 0.15) is 4.99 Å². The second-order valence-corrected chi connectivity index (χ2v) is 6.27. The molecule has 1 fully saturated rings. The number of aryl methyl sites for hydroxylation is 1. The molecule has 0 atom stereocenters. The van der Waals surface area contributed by atoms with E-state index in [2.05, 4.69) is 37.4 Å². The van der Waals surface area contributed by atoms with Crippen LogP contribution in [-0.4, -0.2) is 11.5 Å². The fraction of sp³-hybridized carbons (Fsp3) is 0.562. The predicted molar refractivity (Wildman–Crippen MR) is 86.7 cm³/mol. The highest BCUT2D eigenvalue weighted by Crippen LogP contribution is 2.41. The summed E-state index contributed by atoms with van der Waals surface area (Å²) in [4.78, 5) is 0.475. The SMILES string of the molecule is CCC1(CNc2ccc(C)cc2C(N)=S)CCCC1. The van der Waals surface area contributed by atoms with Crippen molar-refractivity contribution in [3.05, 3.63) is 29.3 Å². The topological polar surface area (TPSA) is 38.0 Å². The van der Waals surface area contributed by atoms with Gasteiger partial charge in [-0.05, 0) is 43.7 Å². The van der Waals surface area contributed by atoms with E-state index in [0.29, 0.717) is 10.4 Å². The molecule has 2 nitrogen and oxygen atoms in total. The normalized spacial score (nSPS) is 17.4. The number of hydrogen-bond acceptors (Lipinski definition) is 2. The molecule has 1 aromatic rings. The van der Waals surface area contributed by atoms with Crippen LogP contribution in [0.25, 0.3) is 0 Å². The van der Waals surface area contributed by atoms with Crippen molar-refractivity contribution in [3.63, 3.8) is 0 Å². The summed E-state index contributed by atoms with van der Waals surface area (Å²) in [6.07, 6.45) is 6.65. The zero-order valence-electron chi connectivity index (χ0n) is 12.0. The van der Waals surface area contributed by atoms with Gasteiger partial charge in [-0.1, -0.05) is 43.6 Å². The fourth-order valence-corrected chi connectivity index (χ4v) is 3.25. The lowest BCUT2D eigenvalue weighted by Gasteiger charge is -2.28. The molecule has 1 aliphatic carbocycles. The zero-order chi connectivity index (χ0) is 13.9. The number of benzene rings is 1. The molecular weight excluding hydrogens is 252 g/mol. The van der Waals surface area contributed by atoms with Crippen LogP contribution in [0, 0.1) is 12.3 Å². The van der Waals surface area contributed by atoms with Crippen LogP contribution in [0.5, 0.6) is 0 Å². The molecule has 0 radical (unpaired) electrons. The van der Waals surface area contributed by atoms with Gasteiger partial charge in [-0.2, -0.15) is 0 Å². The van der Waals surface area contributed by atoms with Crippen LogP contribution in [0.2, 0.25) is 0 Å². The lowest BCUT2D eigenvalue weighted by Crippen LogP contribution is -2.27. The largest absolute Gasteiger partial charge is 0.389 e. The molecular formula is C16H24N2S. The summed E-state index contributed by atoms with van der Waals surface area (Å²) in [5, 5.41) is 3.59. The van der Waals surface area contributed by atoms with Crippen LogP contribution < -0.4 is 11.1 Å². The first-order valence-corrected chi connectivity index (χ1v) is 7.61. The first kappa shape index (κ1) is 14.3. The van der Waals surface area contributed by atoms with Gasteiger partial charge in [-0.25, -0.2) is 0 Å². The summed E-state index contributed by atoms with van der Waals surface area (Å²) < 4.78 is 0. The van der Waals surface area contributed by atoms with Gasteiger partial charge in [0.25, 0.3) is 0 Å². The Morgan fingerprint density at radius 1 is 1.37 bits per heavy atom. The lowest BCUT2D eigenvalue weighted by molar-refractivity contribution is 0.307. The smallest absolute Gasteiger partial charge is 0.106 e. The molecule has 1 saturated carbocycles. The Bertz CT molecular complexity index is 462. The van der Waals surface area contributed by atoms with Gasteiger partial charge in [0.05, 0.1) is 0 Å². The van der Waals surface area contributed by atoms with Crippen molar-refractivity contribution in [2.45, 2.75) is 46.0 Å². The molecule has 0 bridgehead atoms. The number of thiocarbonyl (C=S) groups is 1. The molecule has 0 heterocycles. The monoisotopic (exact) mass is 276 g/mol. The minimum absolute atomic E-state index is 0.471. The molecule has 0 aliphatic heterocycles. The van der Waals surface area contributed by atoms with Gasteiger partial charge in [0, 0.05) is 17.8 Å². The Hall–Kier alpha value is -1.09. The summed E-state index contributed by atoms with van der Waals surface area (Å²) in [6, 6.07) is 6.28. The van der Waals surface area contributed by atoms with Crippen molar-refractivity contribution in [2.24, 2.45) is 11.1 Å². The van der Waals surface area contributed by atoms with E-state index in [4.69, 9.17) is 18.0 Å². The van der Waals surface area contributed by atoms with Crippen LogP contribution in [0.15, 0.2) is 18.2 Å². The zero-order valence-corrected chi connectivity index (χ0v) is 12.8. The molecule has 0 saturated heterocycles. The van der Waals surface area contributed by atoms with E-state index < -0.39 is 0 Å². The van der Waals surface area contributed by atoms with Crippen LogP contribution in [0.4, 0.5) is 5.69 Å². The van der Waals surface area contributed by atoms with E-state index in [1.807, 2.05) is 0 Å². The molecule has 104 valence electrons. The minimum Gasteiger partial charge on any atom is -0.389 e. The average molecular weight is 276 g/mol. The van der Waals surface area contributed by atoms with Crippen molar-refractivity contribution in [1.82, 2.24) is 0 Å². The number of hydrogen-bond donors (Lipinski definition) is 2. The fourth-order valence-electron chi connectivity index (χ4n) is 3.08. The van der Waals surface area contributed by atoms with Crippen molar-refractivity contribution >= 4 is 22.9 Å². The Morgan fingerprint density at radius 3 is 2.63 bits per heavy atom. The first-order chi connectivity index (χ1) is 9.06. The number of rotatable bonds is 5. The number of nitrogens with one attached hydrogen (secondary N) is 1. The summed E-state index contributed by atoms with van der Waals surface area (Å²) >= 11 is 5.15. The highest BCUT2D eigenvalue weighted by molar-refractivity contribution is 7.80. The first-order valence-electron chi connectivity index (χ1n) is 7.21. The average Bonchev–Trinajstić information content (AvgIpc) is 2.86. The van der Waals surface area contributed by atoms with Crippen molar-refractivity contribution in [2.75, 3.05) is 11.9 Å². The summed E-state index contributed by atoms with van der Waals surface area (Å²) in [7, 11) is 0. The molecule has 0 spiro atoms. The van der Waals surface area contributed by atoms with Crippen LogP contribution in [0.3, 0.4) is 0 Å². The highest BCUT2D eigenvalue weighted by Gasteiger charge is 2.31. The summed E-state index contributed by atoms with van der Waals surface area (Å²) in [6.45, 7) is 5.40. The van der Waals surface area contributed by atoms with Crippen LogP contribution in [-0.2, 0) is 0 Å². The van der Waals surface area contributed by atoms with Gasteiger partial charge in [0.2, 0.25) is 0 Å². The number of anilines is 1. The molecule has 3 heteroatoms. The van der Waals surface area contributed by atoms with Crippen LogP contribution >= 0.6 is 12.2 Å². The molecule has 0 unspecified atom stereocenters. The molecule has 3 N–H and O–H groups in total. The second kappa shape index (κ2) is 5.91. The van der Waals surface area contributed by atoms with Crippen molar-refractivity contribution in [3.8, 4) is 0 Å². The third kappa shape index (κ3) is 3.27. The second-order valence-electron chi connectivity index (χ2n) is 5.83. The van der Waals surface area contributed by atoms with E-state index in [9.17, 15) is 0 Å². The molecule has 1 aromatic carbocycles. The Balaban J connectivity index is 2.13. The van der Waals surface area contributed by atoms with Gasteiger partial charge < -0.3 is 11.1 Å². The Morgan fingerprint density at radius 2 is 2.05 bits per heavy atom. The lowest BCUT2D eigenvalue weighted by atomic mass is 9.83. The van der Waals surface area contributed by atoms with E-state index in [1.165, 1.54) is 37.7 Å². The standard InChI is InChI=1S/C16H24N2S/c1-3-16(8-4-5-9-16)11-18-14-7-6-12(2)10-13(14)15(17)19/h6-7,10,18H,3-5,8-9,11H2,1-2H3,(H2,17,19). The third-order valence-corrected chi connectivity index (χ3v) is 4.73. The maximum absolute atomic E-state index is 5.82. The quantitative estimate of drug-likeness (QED) is 0.798. The summed E-state index contributed by atoms with van der Waals surface area (Å²) in [5.74, 6) is 0. The Kier molecular flexibility index (Phi) is 4.46. The molecule has 0 amide bonds. The van der Waals surface area contributed by atoms with E-state index >= 15 is 0 Å². The molecule has 2 rings (SSSR count). The summed E-state index contributed by atoms with van der Waals surface area (Å²) in [5.41, 5.74) is 9.54. The van der Waals surface area contributed by atoms with Gasteiger partial charge in [-0.15, -0.1) is 0 Å². The number of nitrogens with two attached hydrogens (primary N) is 1. The van der Waals surface area contributed by atoms with E-state index in [-0.39, 0.29) is 0 Å². The molecule has 1 aliphatic rings. The molecule has 19 heavy (non-hydrogen) atoms. The van der Waals surface area contributed by atoms with Crippen molar-refractivity contribution in [1.29, 1.82) is 0 Å².